The zero-order valence-electron chi connectivity index (χ0n) is 13.9. The standard InChI is InChI=1S/C18H14F3N3O2/c1-10-7-11(2)9-13(8-10)16-23-24-17(26-16)22-15(25)12-3-5-14(6-4-12)18(19,20)21/h3-9H,1-2H3,(H,22,24,25). The average molecular weight is 361 g/mol. The summed E-state index contributed by atoms with van der Waals surface area (Å²) in [5.74, 6) is -0.408. The van der Waals surface area contributed by atoms with Crippen LogP contribution in [0.4, 0.5) is 19.2 Å². The lowest BCUT2D eigenvalue weighted by atomic mass is 10.1. The molecule has 0 aliphatic rings. The van der Waals surface area contributed by atoms with E-state index in [4.69, 9.17) is 4.42 Å². The van der Waals surface area contributed by atoms with E-state index in [9.17, 15) is 18.0 Å². The van der Waals surface area contributed by atoms with Crippen molar-refractivity contribution >= 4 is 11.9 Å². The predicted molar refractivity (Wildman–Crippen MR) is 88.6 cm³/mol. The first kappa shape index (κ1) is 17.7. The topological polar surface area (TPSA) is 68.0 Å². The van der Waals surface area contributed by atoms with Gasteiger partial charge in [-0.3, -0.25) is 10.1 Å². The highest BCUT2D eigenvalue weighted by molar-refractivity contribution is 6.03. The van der Waals surface area contributed by atoms with Crippen LogP contribution in [0.15, 0.2) is 46.9 Å². The van der Waals surface area contributed by atoms with E-state index in [1.165, 1.54) is 0 Å². The van der Waals surface area contributed by atoms with E-state index >= 15 is 0 Å². The first-order chi connectivity index (χ1) is 12.2. The number of aryl methyl sites for hydroxylation is 2. The minimum Gasteiger partial charge on any atom is -0.403 e. The molecule has 0 aliphatic heterocycles. The van der Waals surface area contributed by atoms with E-state index in [1.807, 2.05) is 32.0 Å². The Morgan fingerprint density at radius 1 is 1.00 bits per heavy atom. The number of carbonyl (C=O) groups is 1. The Bertz CT molecular complexity index is 927. The third-order valence-corrected chi connectivity index (χ3v) is 3.59. The molecule has 1 amide bonds. The number of aromatic nitrogens is 2. The number of carbonyl (C=O) groups excluding carboxylic acids is 1. The van der Waals surface area contributed by atoms with E-state index in [0.29, 0.717) is 5.56 Å². The molecule has 0 spiro atoms. The van der Waals surface area contributed by atoms with Crippen LogP contribution in [0.1, 0.15) is 27.0 Å². The van der Waals surface area contributed by atoms with Gasteiger partial charge in [-0.25, -0.2) is 0 Å². The fourth-order valence-corrected chi connectivity index (χ4v) is 2.47. The molecule has 1 heterocycles. The molecule has 0 saturated heterocycles. The van der Waals surface area contributed by atoms with E-state index in [-0.39, 0.29) is 17.5 Å². The van der Waals surface area contributed by atoms with Crippen molar-refractivity contribution in [2.24, 2.45) is 0 Å². The fourth-order valence-electron chi connectivity index (χ4n) is 2.47. The predicted octanol–water partition coefficient (Wildman–Crippen LogP) is 4.62. The Balaban J connectivity index is 1.75. The Hall–Kier alpha value is -3.16. The second kappa shape index (κ2) is 6.62. The van der Waals surface area contributed by atoms with E-state index < -0.39 is 17.6 Å². The molecule has 0 atom stereocenters. The second-order valence-electron chi connectivity index (χ2n) is 5.82. The van der Waals surface area contributed by atoms with Gasteiger partial charge < -0.3 is 4.42 Å². The Kier molecular flexibility index (Phi) is 4.50. The van der Waals surface area contributed by atoms with Gasteiger partial charge in [0, 0.05) is 11.1 Å². The first-order valence-electron chi connectivity index (χ1n) is 7.63. The van der Waals surface area contributed by atoms with Gasteiger partial charge in [0.05, 0.1) is 5.56 Å². The Morgan fingerprint density at radius 3 is 2.19 bits per heavy atom. The van der Waals surface area contributed by atoms with Gasteiger partial charge in [-0.1, -0.05) is 22.3 Å². The smallest absolute Gasteiger partial charge is 0.403 e. The van der Waals surface area contributed by atoms with Crippen LogP contribution in [0.2, 0.25) is 0 Å². The Labute approximate surface area is 146 Å². The van der Waals surface area contributed by atoms with Gasteiger partial charge in [0.1, 0.15) is 0 Å². The molecule has 0 radical (unpaired) electrons. The molecule has 2 aromatic carbocycles. The zero-order chi connectivity index (χ0) is 18.9. The molecular weight excluding hydrogens is 347 g/mol. The SMILES string of the molecule is Cc1cc(C)cc(-c2nnc(NC(=O)c3ccc(C(F)(F)F)cc3)o2)c1. The minimum absolute atomic E-state index is 0.0455. The maximum Gasteiger partial charge on any atom is 0.416 e. The lowest BCUT2D eigenvalue weighted by Gasteiger charge is -2.07. The molecule has 3 aromatic rings. The molecule has 0 unspecified atom stereocenters. The van der Waals surface area contributed by atoms with Crippen LogP contribution in [0.3, 0.4) is 0 Å². The van der Waals surface area contributed by atoms with Gasteiger partial charge in [-0.15, -0.1) is 5.10 Å². The molecule has 26 heavy (non-hydrogen) atoms. The first-order valence-corrected chi connectivity index (χ1v) is 7.63. The summed E-state index contributed by atoms with van der Waals surface area (Å²) in [5, 5.41) is 10.0. The molecule has 0 fully saturated rings. The summed E-state index contributed by atoms with van der Waals surface area (Å²) in [7, 11) is 0. The third-order valence-electron chi connectivity index (χ3n) is 3.59. The monoisotopic (exact) mass is 361 g/mol. The third kappa shape index (κ3) is 3.90. The van der Waals surface area contributed by atoms with Crippen molar-refractivity contribution in [1.29, 1.82) is 0 Å². The second-order valence-corrected chi connectivity index (χ2v) is 5.82. The van der Waals surface area contributed by atoms with Crippen LogP contribution in [-0.2, 0) is 6.18 Å². The minimum atomic E-state index is -4.46. The van der Waals surface area contributed by atoms with Gasteiger partial charge in [0.2, 0.25) is 5.89 Å². The van der Waals surface area contributed by atoms with Crippen LogP contribution >= 0.6 is 0 Å². The number of hydrogen-bond acceptors (Lipinski definition) is 4. The van der Waals surface area contributed by atoms with Crippen molar-refractivity contribution in [3.8, 4) is 11.5 Å². The lowest BCUT2D eigenvalue weighted by Crippen LogP contribution is -2.13. The van der Waals surface area contributed by atoms with E-state index in [1.54, 1.807) is 0 Å². The van der Waals surface area contributed by atoms with Crippen LogP contribution in [0.5, 0.6) is 0 Å². The number of halogens is 3. The van der Waals surface area contributed by atoms with Gasteiger partial charge in [-0.2, -0.15) is 13.2 Å². The van der Waals surface area contributed by atoms with Crippen LogP contribution in [0, 0.1) is 13.8 Å². The van der Waals surface area contributed by atoms with Gasteiger partial charge in [0.15, 0.2) is 0 Å². The highest BCUT2D eigenvalue weighted by Gasteiger charge is 2.30. The number of amides is 1. The summed E-state index contributed by atoms with van der Waals surface area (Å²) in [5.41, 5.74) is 1.97. The lowest BCUT2D eigenvalue weighted by molar-refractivity contribution is -0.137. The fraction of sp³-hybridized carbons (Fsp3) is 0.167. The number of alkyl halides is 3. The number of nitrogens with one attached hydrogen (secondary N) is 1. The van der Waals surface area contributed by atoms with Crippen molar-refractivity contribution in [3.63, 3.8) is 0 Å². The number of hydrogen-bond donors (Lipinski definition) is 1. The number of anilines is 1. The highest BCUT2D eigenvalue weighted by atomic mass is 19.4. The van der Waals surface area contributed by atoms with Crippen molar-refractivity contribution < 1.29 is 22.4 Å². The van der Waals surface area contributed by atoms with Crippen LogP contribution in [-0.4, -0.2) is 16.1 Å². The molecule has 0 bridgehead atoms. The van der Waals surface area contributed by atoms with Gasteiger partial charge in [0.25, 0.3) is 5.91 Å². The van der Waals surface area contributed by atoms with Crippen LogP contribution < -0.4 is 5.32 Å². The summed E-state index contributed by atoms with van der Waals surface area (Å²) >= 11 is 0. The van der Waals surface area contributed by atoms with Crippen LogP contribution in [0.25, 0.3) is 11.5 Å². The van der Waals surface area contributed by atoms with E-state index in [2.05, 4.69) is 15.5 Å². The van der Waals surface area contributed by atoms with Gasteiger partial charge in [-0.05, 0) is 50.2 Å². The van der Waals surface area contributed by atoms with Crippen molar-refractivity contribution in [2.75, 3.05) is 5.32 Å². The highest BCUT2D eigenvalue weighted by Crippen LogP contribution is 2.29. The van der Waals surface area contributed by atoms with Crippen molar-refractivity contribution in [2.45, 2.75) is 20.0 Å². The molecule has 3 rings (SSSR count). The average Bonchev–Trinajstić information content (AvgIpc) is 3.02. The summed E-state index contributed by atoms with van der Waals surface area (Å²) in [6.07, 6.45) is -4.46. The molecule has 134 valence electrons. The molecule has 5 nitrogen and oxygen atoms in total. The number of rotatable bonds is 3. The van der Waals surface area contributed by atoms with Crippen molar-refractivity contribution in [1.82, 2.24) is 10.2 Å². The summed E-state index contributed by atoms with van der Waals surface area (Å²) in [6.45, 7) is 3.86. The van der Waals surface area contributed by atoms with Crippen molar-refractivity contribution in [3.05, 3.63) is 64.7 Å². The van der Waals surface area contributed by atoms with Gasteiger partial charge >= 0.3 is 12.2 Å². The maximum atomic E-state index is 12.6. The molecule has 0 saturated carbocycles. The normalized spacial score (nSPS) is 11.4. The zero-order valence-corrected chi connectivity index (χ0v) is 13.9. The Morgan fingerprint density at radius 2 is 1.62 bits per heavy atom. The summed E-state index contributed by atoms with van der Waals surface area (Å²) in [6, 6.07) is 9.42. The number of nitrogens with zero attached hydrogens (tertiary/aromatic N) is 2. The molecule has 1 aromatic heterocycles. The molecule has 8 heteroatoms. The summed E-state index contributed by atoms with van der Waals surface area (Å²) < 4.78 is 43.1. The largest absolute Gasteiger partial charge is 0.416 e. The molecule has 1 N–H and O–H groups in total. The quantitative estimate of drug-likeness (QED) is 0.739. The molecule has 0 aliphatic carbocycles. The number of benzene rings is 2. The molecular formula is C18H14F3N3O2. The van der Waals surface area contributed by atoms with E-state index in [0.717, 1.165) is 35.4 Å². The summed E-state index contributed by atoms with van der Waals surface area (Å²) in [4.78, 5) is 12.1. The maximum absolute atomic E-state index is 12.6.